The first kappa shape index (κ1) is 18.6. The maximum atomic E-state index is 11.8. The first-order chi connectivity index (χ1) is 13.2. The number of nitrogens with zero attached hydrogens (tertiary/aromatic N) is 1. The lowest BCUT2D eigenvalue weighted by Gasteiger charge is -2.06. The lowest BCUT2D eigenvalue weighted by atomic mass is 10.0. The number of carbonyl (C=O) groups excluding carboxylic acids is 1. The van der Waals surface area contributed by atoms with Crippen LogP contribution in [0.1, 0.15) is 24.6 Å². The van der Waals surface area contributed by atoms with Crippen molar-refractivity contribution in [1.82, 2.24) is 0 Å². The van der Waals surface area contributed by atoms with E-state index in [1.165, 1.54) is 11.3 Å². The normalized spacial score (nSPS) is 10.7. The van der Waals surface area contributed by atoms with Crippen LogP contribution in [0.3, 0.4) is 0 Å². The van der Waals surface area contributed by atoms with Gasteiger partial charge in [-0.25, -0.2) is 0 Å². The standard InChI is InChI=1S/C23H19NO2S/c1-2-3-4-5-23(25)26-20-12-10-18(11-13-20)17-6-8-19(9-7-17)22-15-14-21(16-24)27-22/h2-3,6-15H,4-5H2,1H3. The molecular formula is C23H19NO2S. The van der Waals surface area contributed by atoms with Gasteiger partial charge >= 0.3 is 5.97 Å². The minimum atomic E-state index is -0.224. The van der Waals surface area contributed by atoms with E-state index in [0.717, 1.165) is 21.6 Å². The monoisotopic (exact) mass is 373 g/mol. The molecule has 0 unspecified atom stereocenters. The quantitative estimate of drug-likeness (QED) is 0.293. The molecule has 3 rings (SSSR count). The van der Waals surface area contributed by atoms with Crippen LogP contribution in [0.25, 0.3) is 21.6 Å². The third kappa shape index (κ3) is 4.93. The summed E-state index contributed by atoms with van der Waals surface area (Å²) in [6.45, 7) is 1.93. The van der Waals surface area contributed by atoms with Crippen molar-refractivity contribution in [2.75, 3.05) is 0 Å². The highest BCUT2D eigenvalue weighted by atomic mass is 32.1. The van der Waals surface area contributed by atoms with Gasteiger partial charge in [0.2, 0.25) is 0 Å². The number of thiophene rings is 1. The van der Waals surface area contributed by atoms with Gasteiger partial charge in [-0.2, -0.15) is 5.26 Å². The number of hydrogen-bond donors (Lipinski definition) is 0. The average molecular weight is 373 g/mol. The van der Waals surface area contributed by atoms with E-state index in [0.29, 0.717) is 23.5 Å². The van der Waals surface area contributed by atoms with Gasteiger partial charge in [0.15, 0.2) is 0 Å². The zero-order valence-electron chi connectivity index (χ0n) is 15.0. The van der Waals surface area contributed by atoms with Crippen LogP contribution in [0.15, 0.2) is 72.8 Å². The number of nitriles is 1. The molecule has 3 nitrogen and oxygen atoms in total. The second kappa shape index (κ2) is 8.98. The summed E-state index contributed by atoms with van der Waals surface area (Å²) < 4.78 is 5.34. The van der Waals surface area contributed by atoms with E-state index in [4.69, 9.17) is 10.00 Å². The van der Waals surface area contributed by atoms with Gasteiger partial charge < -0.3 is 4.74 Å². The fourth-order valence-corrected chi connectivity index (χ4v) is 3.45. The Balaban J connectivity index is 1.66. The first-order valence-corrected chi connectivity index (χ1v) is 9.54. The zero-order valence-corrected chi connectivity index (χ0v) is 15.8. The Hall–Kier alpha value is -3.16. The van der Waals surface area contributed by atoms with E-state index < -0.39 is 0 Å². The lowest BCUT2D eigenvalue weighted by molar-refractivity contribution is -0.134. The molecule has 0 aliphatic carbocycles. The molecule has 1 aromatic heterocycles. The molecule has 27 heavy (non-hydrogen) atoms. The summed E-state index contributed by atoms with van der Waals surface area (Å²) >= 11 is 1.49. The molecule has 0 amide bonds. The Morgan fingerprint density at radius 1 is 1.00 bits per heavy atom. The third-order valence-corrected chi connectivity index (χ3v) is 5.09. The molecule has 0 bridgehead atoms. The smallest absolute Gasteiger partial charge is 0.311 e. The highest BCUT2D eigenvalue weighted by molar-refractivity contribution is 7.16. The average Bonchev–Trinajstić information content (AvgIpc) is 3.18. The summed E-state index contributed by atoms with van der Waals surface area (Å²) in [6, 6.07) is 21.7. The highest BCUT2D eigenvalue weighted by Crippen LogP contribution is 2.30. The van der Waals surface area contributed by atoms with Crippen molar-refractivity contribution in [2.24, 2.45) is 0 Å². The molecular weight excluding hydrogens is 354 g/mol. The van der Waals surface area contributed by atoms with E-state index in [-0.39, 0.29) is 5.97 Å². The van der Waals surface area contributed by atoms with Crippen LogP contribution in [0.2, 0.25) is 0 Å². The molecule has 0 atom stereocenters. The molecule has 0 radical (unpaired) electrons. The predicted molar refractivity (Wildman–Crippen MR) is 110 cm³/mol. The van der Waals surface area contributed by atoms with Crippen LogP contribution in [0.4, 0.5) is 0 Å². The van der Waals surface area contributed by atoms with Crippen LogP contribution in [0.5, 0.6) is 5.75 Å². The van der Waals surface area contributed by atoms with Crippen molar-refractivity contribution in [3.8, 4) is 33.4 Å². The summed E-state index contributed by atoms with van der Waals surface area (Å²) in [4.78, 5) is 13.6. The van der Waals surface area contributed by atoms with Crippen molar-refractivity contribution in [3.63, 3.8) is 0 Å². The summed E-state index contributed by atoms with van der Waals surface area (Å²) in [5.41, 5.74) is 3.23. The molecule has 4 heteroatoms. The molecule has 3 aromatic rings. The Morgan fingerprint density at radius 2 is 1.63 bits per heavy atom. The lowest BCUT2D eigenvalue weighted by Crippen LogP contribution is -2.06. The summed E-state index contributed by atoms with van der Waals surface area (Å²) in [6.07, 6.45) is 4.95. The maximum Gasteiger partial charge on any atom is 0.311 e. The summed E-state index contributed by atoms with van der Waals surface area (Å²) in [5.74, 6) is 0.335. The fourth-order valence-electron chi connectivity index (χ4n) is 2.65. The SMILES string of the molecule is CC=CCCC(=O)Oc1ccc(-c2ccc(-c3ccc(C#N)s3)cc2)cc1. The Bertz CT molecular complexity index is 976. The number of benzene rings is 2. The number of rotatable bonds is 6. The molecule has 0 spiro atoms. The fraction of sp³-hybridized carbons (Fsp3) is 0.130. The second-order valence-corrected chi connectivity index (χ2v) is 7.04. The Kier molecular flexibility index (Phi) is 6.19. The Labute approximate surface area is 163 Å². The van der Waals surface area contributed by atoms with E-state index in [2.05, 4.69) is 30.3 Å². The third-order valence-electron chi connectivity index (χ3n) is 4.06. The molecule has 0 aliphatic heterocycles. The zero-order chi connectivity index (χ0) is 19.1. The maximum absolute atomic E-state index is 11.8. The molecule has 0 saturated heterocycles. The van der Waals surface area contributed by atoms with E-state index in [1.807, 2.05) is 55.5 Å². The van der Waals surface area contributed by atoms with E-state index in [1.54, 1.807) is 0 Å². The van der Waals surface area contributed by atoms with Gasteiger partial charge in [-0.1, -0.05) is 48.6 Å². The van der Waals surface area contributed by atoms with Gasteiger partial charge in [-0.3, -0.25) is 4.79 Å². The van der Waals surface area contributed by atoms with Crippen LogP contribution in [-0.2, 0) is 4.79 Å². The number of allylic oxidation sites excluding steroid dienone is 2. The van der Waals surface area contributed by atoms with Gasteiger partial charge in [0.1, 0.15) is 16.7 Å². The van der Waals surface area contributed by atoms with Crippen molar-refractivity contribution >= 4 is 17.3 Å². The van der Waals surface area contributed by atoms with Gasteiger partial charge in [0.25, 0.3) is 0 Å². The number of esters is 1. The molecule has 0 saturated carbocycles. The number of hydrogen-bond acceptors (Lipinski definition) is 4. The summed E-state index contributed by atoms with van der Waals surface area (Å²) in [5, 5.41) is 8.95. The van der Waals surface area contributed by atoms with Crippen LogP contribution in [0, 0.1) is 11.3 Å². The largest absolute Gasteiger partial charge is 0.427 e. The molecule has 1 heterocycles. The predicted octanol–water partition coefficient (Wildman–Crippen LogP) is 6.22. The topological polar surface area (TPSA) is 50.1 Å². The molecule has 0 fully saturated rings. The highest BCUT2D eigenvalue weighted by Gasteiger charge is 2.06. The first-order valence-electron chi connectivity index (χ1n) is 8.72. The van der Waals surface area contributed by atoms with E-state index in [9.17, 15) is 4.79 Å². The van der Waals surface area contributed by atoms with Gasteiger partial charge in [0, 0.05) is 11.3 Å². The second-order valence-electron chi connectivity index (χ2n) is 5.96. The minimum absolute atomic E-state index is 0.224. The van der Waals surface area contributed by atoms with E-state index >= 15 is 0 Å². The van der Waals surface area contributed by atoms with Crippen molar-refractivity contribution in [3.05, 3.63) is 77.7 Å². The van der Waals surface area contributed by atoms with Crippen molar-refractivity contribution in [1.29, 1.82) is 5.26 Å². The number of carbonyl (C=O) groups is 1. The van der Waals surface area contributed by atoms with Crippen molar-refractivity contribution < 1.29 is 9.53 Å². The van der Waals surface area contributed by atoms with Gasteiger partial charge in [0.05, 0.1) is 0 Å². The molecule has 0 aliphatic rings. The summed E-state index contributed by atoms with van der Waals surface area (Å²) in [7, 11) is 0. The molecule has 0 N–H and O–H groups in total. The van der Waals surface area contributed by atoms with Crippen LogP contribution < -0.4 is 4.74 Å². The van der Waals surface area contributed by atoms with Gasteiger partial charge in [-0.15, -0.1) is 11.3 Å². The number of ether oxygens (including phenoxy) is 1. The molecule has 134 valence electrons. The minimum Gasteiger partial charge on any atom is -0.427 e. The Morgan fingerprint density at radius 3 is 2.22 bits per heavy atom. The van der Waals surface area contributed by atoms with Crippen LogP contribution in [-0.4, -0.2) is 5.97 Å². The van der Waals surface area contributed by atoms with Gasteiger partial charge in [-0.05, 0) is 54.3 Å². The van der Waals surface area contributed by atoms with Crippen molar-refractivity contribution in [2.45, 2.75) is 19.8 Å². The molecule has 2 aromatic carbocycles. The van der Waals surface area contributed by atoms with Crippen LogP contribution >= 0.6 is 11.3 Å².